The number of benzene rings is 1. The van der Waals surface area contributed by atoms with Crippen molar-refractivity contribution >= 4 is 17.0 Å². The highest BCUT2D eigenvalue weighted by molar-refractivity contribution is 5.86. The van der Waals surface area contributed by atoms with Gasteiger partial charge in [-0.2, -0.15) is 0 Å². The minimum absolute atomic E-state index is 0. The van der Waals surface area contributed by atoms with Gasteiger partial charge >= 0.3 is 0 Å². The van der Waals surface area contributed by atoms with E-state index in [0.29, 0.717) is 17.9 Å². The van der Waals surface area contributed by atoms with Crippen LogP contribution >= 0.6 is 0 Å². The predicted molar refractivity (Wildman–Crippen MR) is 114 cm³/mol. The molecule has 0 radical (unpaired) electrons. The molecule has 5 rings (SSSR count). The maximum Gasteiger partial charge on any atom is 0.183 e. The van der Waals surface area contributed by atoms with Gasteiger partial charge in [0.25, 0.3) is 0 Å². The van der Waals surface area contributed by atoms with Crippen molar-refractivity contribution in [2.24, 2.45) is 5.92 Å². The number of nitrogens with zero attached hydrogens (tertiary/aromatic N) is 3. The van der Waals surface area contributed by atoms with Crippen LogP contribution in [0.1, 0.15) is 44.2 Å². The number of rotatable bonds is 4. The van der Waals surface area contributed by atoms with Crippen LogP contribution in [0.15, 0.2) is 24.5 Å². The molecular formula is C22H29N5O2. The first-order chi connectivity index (χ1) is 13.7. The molecule has 2 aliphatic rings. The van der Waals surface area contributed by atoms with Crippen molar-refractivity contribution < 1.29 is 10.2 Å². The fraction of sp³-hybridized carbons (Fsp3) is 0.500. The number of hydrogen-bond acceptors (Lipinski definition) is 6. The topological polar surface area (TPSA) is 107 Å². The Balaban J connectivity index is 0.00000205. The van der Waals surface area contributed by atoms with Crippen LogP contribution in [-0.4, -0.2) is 48.9 Å². The lowest BCUT2D eigenvalue weighted by atomic mass is 9.88. The van der Waals surface area contributed by atoms with Gasteiger partial charge < -0.3 is 20.5 Å². The SMILES string of the molecule is C.OC[C@@H]1C[C@@H](Nc2ncnc3nc(-c4cccc5c4CCCC5)[nH]c23)C[C@@H]1O. The Morgan fingerprint density at radius 2 is 2.00 bits per heavy atom. The van der Waals surface area contributed by atoms with Crippen LogP contribution in [0.5, 0.6) is 0 Å². The summed E-state index contributed by atoms with van der Waals surface area (Å²) >= 11 is 0. The van der Waals surface area contributed by atoms with Gasteiger partial charge in [-0.3, -0.25) is 0 Å². The first-order valence-corrected chi connectivity index (χ1v) is 10.1. The number of imidazole rings is 1. The van der Waals surface area contributed by atoms with Gasteiger partial charge in [0.15, 0.2) is 11.5 Å². The zero-order valence-electron chi connectivity index (χ0n) is 15.7. The Bertz CT molecular complexity index is 1000. The number of aromatic nitrogens is 4. The van der Waals surface area contributed by atoms with Gasteiger partial charge in [0.05, 0.1) is 6.10 Å². The van der Waals surface area contributed by atoms with Crippen LogP contribution in [0.3, 0.4) is 0 Å². The van der Waals surface area contributed by atoms with E-state index in [1.54, 1.807) is 0 Å². The van der Waals surface area contributed by atoms with E-state index >= 15 is 0 Å². The summed E-state index contributed by atoms with van der Waals surface area (Å²) in [5.74, 6) is 1.45. The molecule has 0 aliphatic heterocycles. The van der Waals surface area contributed by atoms with Gasteiger partial charge in [-0.15, -0.1) is 0 Å². The maximum atomic E-state index is 10.1. The van der Waals surface area contributed by atoms with Crippen LogP contribution in [0.25, 0.3) is 22.6 Å². The number of nitrogens with one attached hydrogen (secondary N) is 2. The van der Waals surface area contributed by atoms with E-state index in [2.05, 4.69) is 38.5 Å². The van der Waals surface area contributed by atoms with Crippen LogP contribution in [0.4, 0.5) is 5.82 Å². The van der Waals surface area contributed by atoms with Crippen molar-refractivity contribution in [2.45, 2.75) is 58.1 Å². The minimum atomic E-state index is -0.479. The molecule has 1 fully saturated rings. The summed E-state index contributed by atoms with van der Waals surface area (Å²) in [7, 11) is 0. The molecule has 0 amide bonds. The third-order valence-corrected chi connectivity index (χ3v) is 6.17. The fourth-order valence-corrected chi connectivity index (χ4v) is 4.68. The summed E-state index contributed by atoms with van der Waals surface area (Å²) in [4.78, 5) is 16.9. The molecule has 7 heteroatoms. The van der Waals surface area contributed by atoms with Crippen LogP contribution in [0.2, 0.25) is 0 Å². The second-order valence-electron chi connectivity index (χ2n) is 7.98. The molecule has 154 valence electrons. The molecule has 29 heavy (non-hydrogen) atoms. The first-order valence-electron chi connectivity index (χ1n) is 10.1. The average Bonchev–Trinajstić information content (AvgIpc) is 3.31. The Morgan fingerprint density at radius 3 is 2.83 bits per heavy atom. The van der Waals surface area contributed by atoms with Crippen molar-refractivity contribution in [3.8, 4) is 11.4 Å². The number of aliphatic hydroxyl groups excluding tert-OH is 2. The second kappa shape index (κ2) is 8.08. The lowest BCUT2D eigenvalue weighted by Gasteiger charge is -2.18. The fourth-order valence-electron chi connectivity index (χ4n) is 4.68. The highest BCUT2D eigenvalue weighted by atomic mass is 16.3. The molecule has 3 aromatic rings. The Morgan fingerprint density at radius 1 is 1.14 bits per heavy atom. The summed E-state index contributed by atoms with van der Waals surface area (Å²) < 4.78 is 0. The van der Waals surface area contributed by atoms with Crippen molar-refractivity contribution in [1.82, 2.24) is 19.9 Å². The highest BCUT2D eigenvalue weighted by Gasteiger charge is 2.33. The third-order valence-electron chi connectivity index (χ3n) is 6.17. The molecule has 0 spiro atoms. The molecule has 3 atom stereocenters. The van der Waals surface area contributed by atoms with Gasteiger partial charge in [-0.25, -0.2) is 15.0 Å². The average molecular weight is 396 g/mol. The normalized spacial score (nSPS) is 23.6. The zero-order chi connectivity index (χ0) is 19.1. The maximum absolute atomic E-state index is 10.1. The van der Waals surface area contributed by atoms with Crippen molar-refractivity contribution in [3.63, 3.8) is 0 Å². The summed E-state index contributed by atoms with van der Waals surface area (Å²) in [6, 6.07) is 6.52. The largest absolute Gasteiger partial charge is 0.396 e. The van der Waals surface area contributed by atoms with Gasteiger partial charge in [-0.05, 0) is 49.7 Å². The molecule has 0 bridgehead atoms. The van der Waals surface area contributed by atoms with Gasteiger partial charge in [0, 0.05) is 24.1 Å². The molecule has 7 nitrogen and oxygen atoms in total. The van der Waals surface area contributed by atoms with E-state index in [1.807, 2.05) is 0 Å². The Kier molecular flexibility index (Phi) is 5.52. The zero-order valence-corrected chi connectivity index (χ0v) is 15.7. The van der Waals surface area contributed by atoms with Gasteiger partial charge in [-0.1, -0.05) is 25.6 Å². The lowest BCUT2D eigenvalue weighted by Crippen LogP contribution is -2.17. The van der Waals surface area contributed by atoms with Crippen molar-refractivity contribution in [1.29, 1.82) is 0 Å². The number of aryl methyl sites for hydroxylation is 1. The molecule has 0 saturated heterocycles. The summed E-state index contributed by atoms with van der Waals surface area (Å²) in [6.07, 6.45) is 7.04. The third kappa shape index (κ3) is 3.60. The van der Waals surface area contributed by atoms with Crippen LogP contribution < -0.4 is 5.32 Å². The van der Waals surface area contributed by atoms with Crippen molar-refractivity contribution in [3.05, 3.63) is 35.7 Å². The van der Waals surface area contributed by atoms with Gasteiger partial charge in [0.1, 0.15) is 17.7 Å². The van der Waals surface area contributed by atoms with E-state index in [9.17, 15) is 10.2 Å². The number of fused-ring (bicyclic) bond motifs is 2. The van der Waals surface area contributed by atoms with Gasteiger partial charge in [0.2, 0.25) is 0 Å². The molecule has 4 N–H and O–H groups in total. The number of aliphatic hydroxyl groups is 2. The first kappa shape index (κ1) is 19.8. The second-order valence-corrected chi connectivity index (χ2v) is 7.98. The smallest absolute Gasteiger partial charge is 0.183 e. The minimum Gasteiger partial charge on any atom is -0.396 e. The molecule has 1 saturated carbocycles. The predicted octanol–water partition coefficient (Wildman–Crippen LogP) is 3.08. The van der Waals surface area contributed by atoms with E-state index in [-0.39, 0.29) is 26.0 Å². The van der Waals surface area contributed by atoms with E-state index in [4.69, 9.17) is 4.98 Å². The monoisotopic (exact) mass is 395 g/mol. The quantitative estimate of drug-likeness (QED) is 0.541. The summed E-state index contributed by atoms with van der Waals surface area (Å²) in [6.45, 7) is 0.00581. The molecular weight excluding hydrogens is 366 g/mol. The standard InChI is InChI=1S/C21H25N5O2.CH4/c27-10-13-8-14(9-17(13)28)24-20-18-21(23-11-22-20)26-19(25-18)16-7-3-5-12-4-1-2-6-15(12)16;/h3,5,7,11,13-14,17,27-28H,1-2,4,6,8-10H2,(H2,22,23,24,25,26);1H4/t13-,14+,17-;/m0./s1. The highest BCUT2D eigenvalue weighted by Crippen LogP contribution is 2.33. The van der Waals surface area contributed by atoms with Crippen LogP contribution in [-0.2, 0) is 12.8 Å². The van der Waals surface area contributed by atoms with E-state index in [1.165, 1.54) is 30.3 Å². The van der Waals surface area contributed by atoms with Crippen molar-refractivity contribution in [2.75, 3.05) is 11.9 Å². The molecule has 1 aromatic carbocycles. The molecule has 2 aromatic heterocycles. The molecule has 0 unspecified atom stereocenters. The lowest BCUT2D eigenvalue weighted by molar-refractivity contribution is 0.0908. The van der Waals surface area contributed by atoms with E-state index in [0.717, 1.165) is 36.2 Å². The number of anilines is 1. The Hall–Kier alpha value is -2.51. The van der Waals surface area contributed by atoms with Crippen LogP contribution in [0, 0.1) is 5.92 Å². The summed E-state index contributed by atoms with van der Waals surface area (Å²) in [5, 5.41) is 22.9. The summed E-state index contributed by atoms with van der Waals surface area (Å²) in [5.41, 5.74) is 5.38. The molecule has 2 aliphatic carbocycles. The Labute approximate surface area is 170 Å². The number of hydrogen-bond donors (Lipinski definition) is 4. The van der Waals surface area contributed by atoms with E-state index < -0.39 is 6.10 Å². The molecule has 2 heterocycles. The number of H-pyrrole nitrogens is 1. The number of aromatic amines is 1.